The van der Waals surface area contributed by atoms with E-state index in [4.69, 9.17) is 0 Å². The summed E-state index contributed by atoms with van der Waals surface area (Å²) in [5.41, 5.74) is 3.44. The van der Waals surface area contributed by atoms with Gasteiger partial charge >= 0.3 is 0 Å². The van der Waals surface area contributed by atoms with Gasteiger partial charge in [-0.1, -0.05) is 25.1 Å². The first-order valence-corrected chi connectivity index (χ1v) is 5.96. The third-order valence-electron chi connectivity index (χ3n) is 2.70. The molecule has 0 saturated heterocycles. The first-order chi connectivity index (χ1) is 6.68. The van der Waals surface area contributed by atoms with Crippen LogP contribution in [0.3, 0.4) is 0 Å². The second-order valence-corrected chi connectivity index (χ2v) is 5.28. The molecule has 1 aromatic carbocycles. The Kier molecular flexibility index (Phi) is 2.64. The van der Waals surface area contributed by atoms with Crippen LogP contribution in [0.15, 0.2) is 18.2 Å². The summed E-state index contributed by atoms with van der Waals surface area (Å²) >= 11 is 1.88. The van der Waals surface area contributed by atoms with Gasteiger partial charge in [0, 0.05) is 23.0 Å². The molecule has 0 spiro atoms. The van der Waals surface area contributed by atoms with E-state index in [1.165, 1.54) is 11.1 Å². The molecule has 0 radical (unpaired) electrons. The number of hydrogen-bond donors (Lipinski definition) is 0. The van der Waals surface area contributed by atoms with Crippen molar-refractivity contribution in [3.05, 3.63) is 34.9 Å². The normalized spacial score (nSPS) is 21.6. The van der Waals surface area contributed by atoms with Crippen LogP contribution >= 0.6 is 11.8 Å². The molecule has 1 aliphatic heterocycles. The maximum Gasteiger partial charge on any atom is 0.164 e. The van der Waals surface area contributed by atoms with E-state index in [0.717, 1.165) is 11.3 Å². The lowest BCUT2D eigenvalue weighted by molar-refractivity contribution is 0.0983. The molecule has 0 amide bonds. The summed E-state index contributed by atoms with van der Waals surface area (Å²) in [6, 6.07) is 6.03. The first-order valence-electron chi connectivity index (χ1n) is 4.92. The number of rotatable bonds is 0. The Labute approximate surface area is 88.9 Å². The predicted molar refractivity (Wildman–Crippen MR) is 60.9 cm³/mol. The van der Waals surface area contributed by atoms with Crippen molar-refractivity contribution in [3.63, 3.8) is 0 Å². The molecular formula is C12H14OS. The highest BCUT2D eigenvalue weighted by molar-refractivity contribution is 7.99. The average molecular weight is 206 g/mol. The molecule has 14 heavy (non-hydrogen) atoms. The van der Waals surface area contributed by atoms with E-state index in [1.807, 2.05) is 23.9 Å². The number of aryl methyl sites for hydroxylation is 1. The number of hydrogen-bond acceptors (Lipinski definition) is 2. The van der Waals surface area contributed by atoms with Gasteiger partial charge in [-0.05, 0) is 18.1 Å². The Morgan fingerprint density at radius 3 is 3.00 bits per heavy atom. The van der Waals surface area contributed by atoms with Crippen molar-refractivity contribution in [2.24, 2.45) is 0 Å². The summed E-state index contributed by atoms with van der Waals surface area (Å²) in [5, 5.41) is 0.453. The number of ketones is 1. The van der Waals surface area contributed by atoms with Gasteiger partial charge in [0.2, 0.25) is 0 Å². The van der Waals surface area contributed by atoms with Gasteiger partial charge in [-0.25, -0.2) is 0 Å². The minimum atomic E-state index is 0.307. The molecule has 0 bridgehead atoms. The molecule has 0 fully saturated rings. The topological polar surface area (TPSA) is 17.1 Å². The van der Waals surface area contributed by atoms with Gasteiger partial charge in [0.15, 0.2) is 5.78 Å². The number of fused-ring (bicyclic) bond motifs is 1. The van der Waals surface area contributed by atoms with Crippen molar-refractivity contribution in [1.29, 1.82) is 0 Å². The molecule has 1 heterocycles. The third kappa shape index (κ3) is 1.71. The maximum atomic E-state index is 11.9. The fraction of sp³-hybridized carbons (Fsp3) is 0.417. The van der Waals surface area contributed by atoms with Crippen molar-refractivity contribution < 1.29 is 4.79 Å². The van der Waals surface area contributed by atoms with Crippen molar-refractivity contribution in [3.8, 4) is 0 Å². The van der Waals surface area contributed by atoms with E-state index in [1.54, 1.807) is 0 Å². The molecule has 2 heteroatoms. The lowest BCUT2D eigenvalue weighted by Crippen LogP contribution is -2.05. The average Bonchev–Trinajstić information content (AvgIpc) is 2.28. The molecule has 1 atom stereocenters. The molecule has 0 aliphatic carbocycles. The van der Waals surface area contributed by atoms with E-state index in [2.05, 4.69) is 19.9 Å². The fourth-order valence-electron chi connectivity index (χ4n) is 1.81. The van der Waals surface area contributed by atoms with E-state index in [-0.39, 0.29) is 0 Å². The Hall–Kier alpha value is -0.760. The van der Waals surface area contributed by atoms with Gasteiger partial charge in [0.1, 0.15) is 0 Å². The Morgan fingerprint density at radius 2 is 2.21 bits per heavy atom. The highest BCUT2D eigenvalue weighted by Gasteiger charge is 2.20. The molecule has 1 unspecified atom stereocenters. The number of Topliss-reactive ketones (excluding diaryl/α,β-unsaturated/α-hetero) is 1. The van der Waals surface area contributed by atoms with Crippen molar-refractivity contribution in [2.75, 3.05) is 0 Å². The lowest BCUT2D eigenvalue weighted by Gasteiger charge is -2.06. The van der Waals surface area contributed by atoms with Gasteiger partial charge in [0.05, 0.1) is 0 Å². The maximum absolute atomic E-state index is 11.9. The molecule has 1 nitrogen and oxygen atoms in total. The Bertz CT molecular complexity index is 371. The van der Waals surface area contributed by atoms with E-state index >= 15 is 0 Å². The van der Waals surface area contributed by atoms with Crippen LogP contribution in [0.1, 0.15) is 34.8 Å². The van der Waals surface area contributed by atoms with Gasteiger partial charge < -0.3 is 0 Å². The smallest absolute Gasteiger partial charge is 0.164 e. The van der Waals surface area contributed by atoms with Crippen LogP contribution in [-0.4, -0.2) is 11.0 Å². The quantitative estimate of drug-likeness (QED) is 0.648. The van der Waals surface area contributed by atoms with Crippen LogP contribution in [0, 0.1) is 6.92 Å². The molecule has 1 aromatic rings. The van der Waals surface area contributed by atoms with Gasteiger partial charge in [0.25, 0.3) is 0 Å². The lowest BCUT2D eigenvalue weighted by atomic mass is 9.98. The standard InChI is InChI=1S/C12H14OS/c1-8-4-3-5-10-11(8)7-14-9(2)6-12(10)13/h3-5,9H,6-7H2,1-2H3. The zero-order chi connectivity index (χ0) is 10.1. The van der Waals surface area contributed by atoms with Crippen molar-refractivity contribution >= 4 is 17.5 Å². The van der Waals surface area contributed by atoms with Crippen LogP contribution in [0.2, 0.25) is 0 Å². The SMILES string of the molecule is Cc1cccc2c1CSC(C)CC2=O. The zero-order valence-corrected chi connectivity index (χ0v) is 9.36. The largest absolute Gasteiger partial charge is 0.294 e. The number of benzene rings is 1. The second-order valence-electron chi connectivity index (χ2n) is 3.85. The van der Waals surface area contributed by atoms with Gasteiger partial charge in [-0.3, -0.25) is 4.79 Å². The fourth-order valence-corrected chi connectivity index (χ4v) is 2.91. The number of carbonyl (C=O) groups excluding carboxylic acids is 1. The molecule has 0 aromatic heterocycles. The number of thioether (sulfide) groups is 1. The Balaban J connectivity index is 2.48. The van der Waals surface area contributed by atoms with Crippen LogP contribution in [-0.2, 0) is 5.75 Å². The van der Waals surface area contributed by atoms with Crippen LogP contribution in [0.25, 0.3) is 0 Å². The Morgan fingerprint density at radius 1 is 1.43 bits per heavy atom. The highest BCUT2D eigenvalue weighted by Crippen LogP contribution is 2.30. The number of carbonyl (C=O) groups is 1. The third-order valence-corrected chi connectivity index (χ3v) is 3.89. The predicted octanol–water partition coefficient (Wildman–Crippen LogP) is 3.20. The molecular weight excluding hydrogens is 192 g/mol. The summed E-state index contributed by atoms with van der Waals surface area (Å²) in [7, 11) is 0. The van der Waals surface area contributed by atoms with Crippen LogP contribution in [0.4, 0.5) is 0 Å². The van der Waals surface area contributed by atoms with Gasteiger partial charge in [-0.15, -0.1) is 0 Å². The minimum Gasteiger partial charge on any atom is -0.294 e. The summed E-state index contributed by atoms with van der Waals surface area (Å²) in [6.45, 7) is 4.21. The zero-order valence-electron chi connectivity index (χ0n) is 8.54. The monoisotopic (exact) mass is 206 g/mol. The van der Waals surface area contributed by atoms with Crippen LogP contribution < -0.4 is 0 Å². The first kappa shape index (κ1) is 9.78. The summed E-state index contributed by atoms with van der Waals surface area (Å²) < 4.78 is 0. The minimum absolute atomic E-state index is 0.307. The van der Waals surface area contributed by atoms with E-state index < -0.39 is 0 Å². The summed E-state index contributed by atoms with van der Waals surface area (Å²) in [4.78, 5) is 11.9. The molecule has 0 saturated carbocycles. The van der Waals surface area contributed by atoms with Crippen molar-refractivity contribution in [2.45, 2.75) is 31.3 Å². The molecule has 0 N–H and O–H groups in total. The summed E-state index contributed by atoms with van der Waals surface area (Å²) in [6.07, 6.45) is 0.682. The van der Waals surface area contributed by atoms with Gasteiger partial charge in [-0.2, -0.15) is 11.8 Å². The summed E-state index contributed by atoms with van der Waals surface area (Å²) in [5.74, 6) is 1.29. The molecule has 74 valence electrons. The molecule has 1 aliphatic rings. The highest BCUT2D eigenvalue weighted by atomic mass is 32.2. The van der Waals surface area contributed by atoms with Crippen molar-refractivity contribution in [1.82, 2.24) is 0 Å². The second kappa shape index (κ2) is 3.77. The van der Waals surface area contributed by atoms with E-state index in [0.29, 0.717) is 17.5 Å². The van der Waals surface area contributed by atoms with Crippen LogP contribution in [0.5, 0.6) is 0 Å². The molecule has 2 rings (SSSR count). The van der Waals surface area contributed by atoms with E-state index in [9.17, 15) is 4.79 Å².